The molecule has 4 heteroatoms. The van der Waals surface area contributed by atoms with Crippen LogP contribution < -0.4 is 15.9 Å². The Kier molecular flexibility index (Phi) is 9.15. The van der Waals surface area contributed by atoms with Gasteiger partial charge in [0.2, 0.25) is 0 Å². The van der Waals surface area contributed by atoms with Crippen LogP contribution in [0.25, 0.3) is 43.7 Å². The van der Waals surface area contributed by atoms with Crippen LogP contribution in [0.1, 0.15) is 0 Å². The van der Waals surface area contributed by atoms with Crippen LogP contribution in [0, 0.1) is 12.1 Å². The number of benzene rings is 7. The summed E-state index contributed by atoms with van der Waals surface area (Å²) in [6, 6.07) is 62.7. The molecule has 2 nitrogen and oxygen atoms in total. The van der Waals surface area contributed by atoms with Crippen molar-refractivity contribution >= 4 is 55.5 Å². The fraction of sp³-hybridized carbons (Fsp3) is 0. The number of rotatable bonds is 4. The monoisotopic (exact) mass is 774 g/mol. The first-order valence-corrected chi connectivity index (χ1v) is 16.3. The van der Waals surface area contributed by atoms with E-state index >= 15 is 0 Å². The van der Waals surface area contributed by atoms with Gasteiger partial charge in [-0.3, -0.25) is 4.98 Å². The minimum absolute atomic E-state index is 0. The van der Waals surface area contributed by atoms with Crippen molar-refractivity contribution in [3.05, 3.63) is 182 Å². The third kappa shape index (κ3) is 6.04. The number of para-hydroxylation sites is 1. The predicted octanol–water partition coefficient (Wildman–Crippen LogP) is 9.13. The fourth-order valence-corrected chi connectivity index (χ4v) is 8.26. The third-order valence-electron chi connectivity index (χ3n) is 7.82. The molecule has 0 amide bonds. The van der Waals surface area contributed by atoms with Crippen LogP contribution in [0.2, 0.25) is 0 Å². The Balaban J connectivity index is 0.000000158. The molecule has 0 fully saturated rings. The summed E-state index contributed by atoms with van der Waals surface area (Å²) in [5, 5.41) is 8.22. The second-order valence-electron chi connectivity index (χ2n) is 10.5. The molecule has 8 aromatic rings. The summed E-state index contributed by atoms with van der Waals surface area (Å²) in [4.78, 5) is 4.84. The maximum atomic E-state index is 14.2. The molecule has 0 aliphatic carbocycles. The fourth-order valence-electron chi connectivity index (χ4n) is 5.65. The Labute approximate surface area is 277 Å². The van der Waals surface area contributed by atoms with Gasteiger partial charge in [-0.15, -0.1) is 52.7 Å². The molecule has 0 aliphatic heterocycles. The van der Waals surface area contributed by atoms with Crippen LogP contribution in [0.5, 0.6) is 0 Å². The first-order chi connectivity index (χ1) is 21.7. The van der Waals surface area contributed by atoms with Crippen LogP contribution in [0.4, 0.5) is 0 Å². The molecule has 1 radical (unpaired) electrons. The van der Waals surface area contributed by atoms with E-state index in [1.807, 2.05) is 121 Å². The van der Waals surface area contributed by atoms with E-state index in [1.165, 1.54) is 16.2 Å². The number of pyridine rings is 1. The zero-order chi connectivity index (χ0) is 29.8. The summed E-state index contributed by atoms with van der Waals surface area (Å²) >= 11 is 0. The van der Waals surface area contributed by atoms with Crippen molar-refractivity contribution in [1.29, 1.82) is 0 Å². The van der Waals surface area contributed by atoms with E-state index in [0.717, 1.165) is 43.5 Å². The number of aromatic nitrogens is 1. The summed E-state index contributed by atoms with van der Waals surface area (Å²) in [7, 11) is -2.94. The van der Waals surface area contributed by atoms with E-state index in [2.05, 4.69) is 60.7 Å². The van der Waals surface area contributed by atoms with Crippen molar-refractivity contribution in [3.8, 4) is 11.3 Å². The molecule has 0 N–H and O–H groups in total. The summed E-state index contributed by atoms with van der Waals surface area (Å²) in [6.07, 6.45) is 0. The van der Waals surface area contributed by atoms with Gasteiger partial charge in [0.15, 0.2) is 0 Å². The smallest absolute Gasteiger partial charge is 0.147 e. The van der Waals surface area contributed by atoms with Gasteiger partial charge in [0.1, 0.15) is 7.14 Å². The van der Waals surface area contributed by atoms with Gasteiger partial charge in [0, 0.05) is 36.1 Å². The number of fused-ring (bicyclic) bond motifs is 4. The normalized spacial score (nSPS) is 11.0. The van der Waals surface area contributed by atoms with E-state index in [4.69, 9.17) is 4.98 Å². The number of hydrogen-bond acceptors (Lipinski definition) is 2. The Morgan fingerprint density at radius 2 is 1.07 bits per heavy atom. The van der Waals surface area contributed by atoms with Crippen LogP contribution in [-0.4, -0.2) is 4.98 Å². The maximum Gasteiger partial charge on any atom is 0.147 e. The maximum absolute atomic E-state index is 14.2. The molecule has 8 rings (SSSR count). The zero-order valence-electron chi connectivity index (χ0n) is 24.3. The molecule has 0 spiro atoms. The molecule has 1 aromatic heterocycles. The van der Waals surface area contributed by atoms with Gasteiger partial charge in [0.05, 0.1) is 5.52 Å². The van der Waals surface area contributed by atoms with E-state index < -0.39 is 7.14 Å². The van der Waals surface area contributed by atoms with Gasteiger partial charge in [-0.25, -0.2) is 0 Å². The van der Waals surface area contributed by atoms with Gasteiger partial charge in [0.25, 0.3) is 0 Å². The van der Waals surface area contributed by atoms with Gasteiger partial charge in [-0.2, -0.15) is 18.2 Å². The molecule has 7 aromatic carbocycles. The summed E-state index contributed by atoms with van der Waals surface area (Å²) in [5.74, 6) is 0. The summed E-state index contributed by atoms with van der Waals surface area (Å²) in [5.41, 5.74) is 3.06. The molecule has 219 valence electrons. The van der Waals surface area contributed by atoms with E-state index in [0.29, 0.717) is 0 Å². The van der Waals surface area contributed by atoms with Gasteiger partial charge in [-0.05, 0) is 22.5 Å². The average Bonchev–Trinajstić information content (AvgIpc) is 3.12. The van der Waals surface area contributed by atoms with Crippen molar-refractivity contribution in [3.63, 3.8) is 0 Å². The SMILES string of the molecule is O=P(c1[c-]cc2ccccc2c1)(c1ccccc1)c1ccccc1.[Ir].[c-]1ccccc1-c1nc2ccccc2c2ccccc12. The Morgan fingerprint density at radius 1 is 0.511 bits per heavy atom. The van der Waals surface area contributed by atoms with Crippen molar-refractivity contribution in [1.82, 2.24) is 4.98 Å². The second-order valence-corrected chi connectivity index (χ2v) is 13.3. The molecule has 45 heavy (non-hydrogen) atoms. The van der Waals surface area contributed by atoms with Gasteiger partial charge in [-0.1, -0.05) is 127 Å². The molecule has 0 unspecified atom stereocenters. The molecule has 1 heterocycles. The summed E-state index contributed by atoms with van der Waals surface area (Å²) < 4.78 is 14.2. The average molecular weight is 774 g/mol. The number of hydrogen-bond donors (Lipinski definition) is 0. The standard InChI is InChI=1S/C22H16OP.C19H12N.Ir/c23-24(20-11-3-1-4-12-20,21-13-5-2-6-14-21)22-16-15-18-9-7-8-10-19(18)17-22;1-2-8-14(9-3-1)19-17-12-5-4-10-15(17)16-11-6-7-13-18(16)20-19;/h1-15,17H;1-8,10-13H;/q2*-1;. The van der Waals surface area contributed by atoms with Crippen molar-refractivity contribution in [2.24, 2.45) is 0 Å². The molecular formula is C41H28IrNOP-2. The van der Waals surface area contributed by atoms with E-state index in [9.17, 15) is 4.57 Å². The molecule has 0 aliphatic rings. The summed E-state index contributed by atoms with van der Waals surface area (Å²) in [6.45, 7) is 0. The van der Waals surface area contributed by atoms with Gasteiger partial charge < -0.3 is 4.57 Å². The van der Waals surface area contributed by atoms with Crippen LogP contribution in [0.15, 0.2) is 170 Å². The quantitative estimate of drug-likeness (QED) is 0.102. The first-order valence-electron chi connectivity index (χ1n) is 14.6. The first kappa shape index (κ1) is 30.4. The minimum atomic E-state index is -2.94. The topological polar surface area (TPSA) is 30.0 Å². The molecule has 0 saturated carbocycles. The van der Waals surface area contributed by atoms with Crippen molar-refractivity contribution in [2.75, 3.05) is 0 Å². The van der Waals surface area contributed by atoms with Crippen molar-refractivity contribution < 1.29 is 24.7 Å². The third-order valence-corrected chi connectivity index (χ3v) is 10.8. The van der Waals surface area contributed by atoms with Crippen LogP contribution in [0.3, 0.4) is 0 Å². The van der Waals surface area contributed by atoms with Crippen molar-refractivity contribution in [2.45, 2.75) is 0 Å². The van der Waals surface area contributed by atoms with Crippen LogP contribution in [-0.2, 0) is 24.7 Å². The Morgan fingerprint density at radius 3 is 1.73 bits per heavy atom. The van der Waals surface area contributed by atoms with E-state index in [-0.39, 0.29) is 20.1 Å². The zero-order valence-corrected chi connectivity index (χ0v) is 27.6. The Hall–Kier alpha value is -4.65. The van der Waals surface area contributed by atoms with Gasteiger partial charge >= 0.3 is 0 Å². The molecule has 0 saturated heterocycles. The largest absolute Gasteiger partial charge is 0.311 e. The van der Waals surface area contributed by atoms with Crippen LogP contribution >= 0.6 is 7.14 Å². The molecular weight excluding hydrogens is 746 g/mol. The molecule has 0 atom stereocenters. The predicted molar refractivity (Wildman–Crippen MR) is 186 cm³/mol. The van der Waals surface area contributed by atoms with E-state index in [1.54, 1.807) is 0 Å². The second kappa shape index (κ2) is 13.6. The Bertz CT molecular complexity index is 2210. The minimum Gasteiger partial charge on any atom is -0.311 e. The molecule has 0 bridgehead atoms. The number of nitrogens with zero attached hydrogens (tertiary/aromatic N) is 1.